The van der Waals surface area contributed by atoms with Gasteiger partial charge in [-0.15, -0.1) is 0 Å². The van der Waals surface area contributed by atoms with Gasteiger partial charge in [0, 0.05) is 5.97 Å². The minimum Gasteiger partial charge on any atom is -0.550 e. The van der Waals surface area contributed by atoms with Gasteiger partial charge in [0.15, 0.2) is 0 Å². The van der Waals surface area contributed by atoms with Crippen LogP contribution in [0.3, 0.4) is 0 Å². The van der Waals surface area contributed by atoms with Crippen LogP contribution in [0.1, 0.15) is 26.2 Å². The van der Waals surface area contributed by atoms with Gasteiger partial charge in [0.1, 0.15) is 0 Å². The van der Waals surface area contributed by atoms with Crippen LogP contribution in [-0.4, -0.2) is 17.2 Å². The molecular formula is C6H11NaO3. The molecule has 3 nitrogen and oxygen atoms in total. The fraction of sp³-hybridized carbons (Fsp3) is 0.833. The Kier molecular flexibility index (Phi) is 9.84. The standard InChI is InChI=1S/C6H12O3.Na/c1-5(7)3-2-4-6(8)9;/h5,7H,2-4H2,1H3,(H,8,9);/q;+1/p-1. The van der Waals surface area contributed by atoms with E-state index in [4.69, 9.17) is 5.11 Å². The van der Waals surface area contributed by atoms with E-state index in [1.54, 1.807) is 6.92 Å². The summed E-state index contributed by atoms with van der Waals surface area (Å²) in [7, 11) is 0. The molecule has 0 heterocycles. The van der Waals surface area contributed by atoms with E-state index < -0.39 is 12.1 Å². The fourth-order valence-corrected chi connectivity index (χ4v) is 0.542. The number of hydrogen-bond donors (Lipinski definition) is 1. The summed E-state index contributed by atoms with van der Waals surface area (Å²) in [6, 6.07) is 0. The third-order valence-electron chi connectivity index (χ3n) is 1.00. The molecule has 0 aliphatic rings. The van der Waals surface area contributed by atoms with Crippen LogP contribution < -0.4 is 34.7 Å². The molecule has 1 unspecified atom stereocenters. The molecule has 0 saturated heterocycles. The SMILES string of the molecule is CC(O)CCCC(=O)[O-].[Na+]. The van der Waals surface area contributed by atoms with Crippen molar-refractivity contribution < 1.29 is 44.6 Å². The topological polar surface area (TPSA) is 60.4 Å². The van der Waals surface area contributed by atoms with Crippen molar-refractivity contribution in [1.29, 1.82) is 0 Å². The van der Waals surface area contributed by atoms with Gasteiger partial charge in [0.05, 0.1) is 6.10 Å². The predicted molar refractivity (Wildman–Crippen MR) is 30.5 cm³/mol. The van der Waals surface area contributed by atoms with Crippen molar-refractivity contribution in [2.24, 2.45) is 0 Å². The summed E-state index contributed by atoms with van der Waals surface area (Å²) in [5.41, 5.74) is 0. The summed E-state index contributed by atoms with van der Waals surface area (Å²) in [5, 5.41) is 18.4. The van der Waals surface area contributed by atoms with Crippen LogP contribution in [-0.2, 0) is 4.79 Å². The third kappa shape index (κ3) is 11.3. The number of carbonyl (C=O) groups is 1. The van der Waals surface area contributed by atoms with Crippen LogP contribution in [0.15, 0.2) is 0 Å². The predicted octanol–water partition coefficient (Wildman–Crippen LogP) is -3.71. The average Bonchev–Trinajstić information content (AvgIpc) is 1.63. The van der Waals surface area contributed by atoms with Crippen molar-refractivity contribution >= 4 is 5.97 Å². The number of carbonyl (C=O) groups excluding carboxylic acids is 1. The van der Waals surface area contributed by atoms with E-state index >= 15 is 0 Å². The maximum absolute atomic E-state index is 9.79. The Morgan fingerprint density at radius 1 is 1.70 bits per heavy atom. The average molecular weight is 154 g/mol. The first-order valence-corrected chi connectivity index (χ1v) is 3.01. The van der Waals surface area contributed by atoms with Crippen molar-refractivity contribution in [3.63, 3.8) is 0 Å². The minimum absolute atomic E-state index is 0. The molecule has 0 bridgehead atoms. The van der Waals surface area contributed by atoms with Gasteiger partial charge in [-0.05, 0) is 26.2 Å². The molecule has 0 aromatic rings. The summed E-state index contributed by atoms with van der Waals surface area (Å²) >= 11 is 0. The normalized spacial score (nSPS) is 11.8. The maximum Gasteiger partial charge on any atom is 1.00 e. The van der Waals surface area contributed by atoms with E-state index in [0.29, 0.717) is 12.8 Å². The quantitative estimate of drug-likeness (QED) is 0.424. The van der Waals surface area contributed by atoms with Crippen LogP contribution in [0.25, 0.3) is 0 Å². The van der Waals surface area contributed by atoms with Crippen LogP contribution >= 0.6 is 0 Å². The van der Waals surface area contributed by atoms with Crippen LogP contribution in [0, 0.1) is 0 Å². The zero-order valence-corrected chi connectivity index (χ0v) is 8.46. The molecule has 0 radical (unpaired) electrons. The molecule has 54 valence electrons. The number of aliphatic hydroxyl groups excluding tert-OH is 1. The molecule has 0 saturated carbocycles. The zero-order valence-electron chi connectivity index (χ0n) is 6.46. The van der Waals surface area contributed by atoms with Gasteiger partial charge in [-0.25, -0.2) is 0 Å². The van der Waals surface area contributed by atoms with E-state index in [2.05, 4.69) is 0 Å². The summed E-state index contributed by atoms with van der Waals surface area (Å²) in [6.07, 6.45) is 0.683. The molecule has 0 aromatic carbocycles. The maximum atomic E-state index is 9.79. The molecule has 0 amide bonds. The van der Waals surface area contributed by atoms with Crippen molar-refractivity contribution in [3.8, 4) is 0 Å². The van der Waals surface area contributed by atoms with Gasteiger partial charge in [-0.3, -0.25) is 0 Å². The van der Waals surface area contributed by atoms with Gasteiger partial charge < -0.3 is 15.0 Å². The molecule has 0 spiro atoms. The van der Waals surface area contributed by atoms with Gasteiger partial charge in [0.2, 0.25) is 0 Å². The zero-order chi connectivity index (χ0) is 7.28. The van der Waals surface area contributed by atoms with Crippen molar-refractivity contribution in [1.82, 2.24) is 0 Å². The smallest absolute Gasteiger partial charge is 0.550 e. The Morgan fingerprint density at radius 2 is 2.20 bits per heavy atom. The Balaban J connectivity index is 0. The summed E-state index contributed by atoms with van der Waals surface area (Å²) in [5.74, 6) is -1.05. The van der Waals surface area contributed by atoms with Gasteiger partial charge in [-0.2, -0.15) is 0 Å². The molecule has 1 atom stereocenters. The summed E-state index contributed by atoms with van der Waals surface area (Å²) in [6.45, 7) is 1.63. The second-order valence-corrected chi connectivity index (χ2v) is 2.11. The van der Waals surface area contributed by atoms with Crippen molar-refractivity contribution in [2.75, 3.05) is 0 Å². The van der Waals surface area contributed by atoms with Gasteiger partial charge in [0.25, 0.3) is 0 Å². The van der Waals surface area contributed by atoms with Gasteiger partial charge in [-0.1, -0.05) is 0 Å². The van der Waals surface area contributed by atoms with E-state index in [1.807, 2.05) is 0 Å². The second-order valence-electron chi connectivity index (χ2n) is 2.11. The monoisotopic (exact) mass is 154 g/mol. The second kappa shape index (κ2) is 7.54. The van der Waals surface area contributed by atoms with Crippen LogP contribution in [0.2, 0.25) is 0 Å². The van der Waals surface area contributed by atoms with Crippen LogP contribution in [0.5, 0.6) is 0 Å². The number of carboxylic acid groups (broad SMARTS) is 1. The summed E-state index contributed by atoms with van der Waals surface area (Å²) < 4.78 is 0. The molecule has 0 rings (SSSR count). The van der Waals surface area contributed by atoms with E-state index in [-0.39, 0.29) is 36.0 Å². The molecular weight excluding hydrogens is 143 g/mol. The van der Waals surface area contributed by atoms with Crippen molar-refractivity contribution in [2.45, 2.75) is 32.3 Å². The molecule has 4 heteroatoms. The third-order valence-corrected chi connectivity index (χ3v) is 1.00. The number of carboxylic acids is 1. The van der Waals surface area contributed by atoms with E-state index in [0.717, 1.165) is 0 Å². The Bertz CT molecular complexity index is 93.0. The Labute approximate surface area is 82.7 Å². The molecule has 0 fully saturated rings. The first-order chi connectivity index (χ1) is 4.13. The van der Waals surface area contributed by atoms with E-state index in [9.17, 15) is 9.90 Å². The fourth-order valence-electron chi connectivity index (χ4n) is 0.542. The molecule has 10 heavy (non-hydrogen) atoms. The molecule has 0 aliphatic heterocycles. The largest absolute Gasteiger partial charge is 1.00 e. The van der Waals surface area contributed by atoms with E-state index in [1.165, 1.54) is 0 Å². The van der Waals surface area contributed by atoms with Gasteiger partial charge >= 0.3 is 29.6 Å². The number of aliphatic hydroxyl groups is 1. The number of aliphatic carboxylic acids is 1. The first-order valence-electron chi connectivity index (χ1n) is 3.01. The van der Waals surface area contributed by atoms with Crippen LogP contribution in [0.4, 0.5) is 0 Å². The summed E-state index contributed by atoms with van der Waals surface area (Å²) in [4.78, 5) is 9.79. The molecule has 0 aliphatic carbocycles. The minimum atomic E-state index is -1.05. The first kappa shape index (κ1) is 13.1. The number of rotatable bonds is 4. The Morgan fingerprint density at radius 3 is 2.50 bits per heavy atom. The Hall–Kier alpha value is 0.430. The van der Waals surface area contributed by atoms with Crippen molar-refractivity contribution in [3.05, 3.63) is 0 Å². The molecule has 0 aromatic heterocycles. The number of hydrogen-bond acceptors (Lipinski definition) is 3. The molecule has 1 N–H and O–H groups in total.